The predicted octanol–water partition coefficient (Wildman–Crippen LogP) is 5.54. The highest BCUT2D eigenvalue weighted by Crippen LogP contribution is 2.50. The van der Waals surface area contributed by atoms with Crippen LogP contribution in [0.25, 0.3) is 21.9 Å². The molecule has 2 heterocycles. The lowest BCUT2D eigenvalue weighted by Crippen LogP contribution is -2.10. The molecule has 5 rings (SSSR count). The first-order valence-corrected chi connectivity index (χ1v) is 13.5. The number of benzene rings is 2. The van der Waals surface area contributed by atoms with E-state index in [0.29, 0.717) is 50.0 Å². The van der Waals surface area contributed by atoms with E-state index in [2.05, 4.69) is 0 Å². The van der Waals surface area contributed by atoms with Crippen LogP contribution in [0.5, 0.6) is 0 Å². The summed E-state index contributed by atoms with van der Waals surface area (Å²) in [5.41, 5.74) is 3.24. The van der Waals surface area contributed by atoms with Gasteiger partial charge in [0.1, 0.15) is 11.2 Å². The number of rotatable bonds is 6. The lowest BCUT2D eigenvalue weighted by atomic mass is 10.0. The van der Waals surface area contributed by atoms with Crippen LogP contribution in [0.3, 0.4) is 0 Å². The van der Waals surface area contributed by atoms with E-state index in [1.165, 1.54) is 6.26 Å². The topological polar surface area (TPSA) is 77.5 Å². The summed E-state index contributed by atoms with van der Waals surface area (Å²) in [7, 11) is -1.34. The van der Waals surface area contributed by atoms with Gasteiger partial charge in [0.15, 0.2) is 21.0 Å². The Morgan fingerprint density at radius 3 is 2.48 bits per heavy atom. The fraction of sp³-hybridized carbons (Fsp3) is 0.308. The summed E-state index contributed by atoms with van der Waals surface area (Å²) in [6.07, 6.45) is 3.60. The van der Waals surface area contributed by atoms with E-state index < -0.39 is 10.8 Å². The average molecular weight is 481 g/mol. The molecule has 0 amide bonds. The van der Waals surface area contributed by atoms with Gasteiger partial charge in [-0.1, -0.05) is 30.0 Å². The first-order valence-electron chi connectivity index (χ1n) is 10.9. The van der Waals surface area contributed by atoms with Crippen molar-refractivity contribution in [3.63, 3.8) is 0 Å². The molecule has 0 bridgehead atoms. The Morgan fingerprint density at radius 2 is 1.70 bits per heavy atom. The maximum Gasteiger partial charge on any atom is 0.197 e. The maximum absolute atomic E-state index is 12.8. The smallest absolute Gasteiger partial charge is 0.197 e. The van der Waals surface area contributed by atoms with Gasteiger partial charge in [0, 0.05) is 23.1 Å². The summed E-state index contributed by atoms with van der Waals surface area (Å²) in [5, 5.41) is 2.11. The molecule has 2 aromatic carbocycles. The normalized spacial score (nSPS) is 18.6. The van der Waals surface area contributed by atoms with E-state index in [-0.39, 0.29) is 15.9 Å². The fourth-order valence-electron chi connectivity index (χ4n) is 4.42. The summed E-state index contributed by atoms with van der Waals surface area (Å²) >= 11 is 1.59. The van der Waals surface area contributed by atoms with Crippen LogP contribution in [0, 0.1) is 19.8 Å². The number of thioether (sulfide) groups is 1. The molecule has 3 atom stereocenters. The summed E-state index contributed by atoms with van der Waals surface area (Å²) in [5.74, 6) is 1.82. The molecule has 0 N–H and O–H groups in total. The number of hydrogen-bond acceptors (Lipinski definition) is 6. The van der Waals surface area contributed by atoms with Gasteiger partial charge >= 0.3 is 0 Å². The van der Waals surface area contributed by atoms with E-state index in [1.807, 2.05) is 43.3 Å². The van der Waals surface area contributed by atoms with E-state index >= 15 is 0 Å². The first-order chi connectivity index (χ1) is 15.8. The first kappa shape index (κ1) is 22.2. The fourth-order valence-corrected chi connectivity index (χ4v) is 6.21. The third-order valence-electron chi connectivity index (χ3n) is 6.41. The molecule has 0 aliphatic heterocycles. The van der Waals surface area contributed by atoms with Gasteiger partial charge < -0.3 is 8.83 Å². The minimum Gasteiger partial charge on any atom is -0.449 e. The molecule has 2 unspecified atom stereocenters. The summed E-state index contributed by atoms with van der Waals surface area (Å²) in [4.78, 5) is 25.4. The second kappa shape index (κ2) is 8.61. The van der Waals surface area contributed by atoms with Crippen LogP contribution in [-0.2, 0) is 10.8 Å². The zero-order chi connectivity index (χ0) is 23.3. The minimum absolute atomic E-state index is 0.0315. The Labute approximate surface area is 197 Å². The second-order valence-electron chi connectivity index (χ2n) is 8.63. The highest BCUT2D eigenvalue weighted by Gasteiger charge is 2.38. The van der Waals surface area contributed by atoms with Gasteiger partial charge in [-0.3, -0.25) is 13.8 Å². The van der Waals surface area contributed by atoms with Crippen molar-refractivity contribution in [3.8, 4) is 0 Å². The summed E-state index contributed by atoms with van der Waals surface area (Å²) in [6.45, 7) is 3.49. The van der Waals surface area contributed by atoms with Crippen LogP contribution in [0.4, 0.5) is 0 Å². The summed E-state index contributed by atoms with van der Waals surface area (Å²) < 4.78 is 23.6. The maximum atomic E-state index is 12.8. The molecule has 2 aromatic heterocycles. The second-order valence-corrected chi connectivity index (χ2v) is 11.0. The van der Waals surface area contributed by atoms with E-state index in [0.717, 1.165) is 24.2 Å². The van der Waals surface area contributed by atoms with Crippen molar-refractivity contribution in [1.82, 2.24) is 0 Å². The van der Waals surface area contributed by atoms with Crippen molar-refractivity contribution in [3.05, 3.63) is 79.6 Å². The molecule has 1 aliphatic rings. The zero-order valence-corrected chi connectivity index (χ0v) is 20.3. The molecular weight excluding hydrogens is 456 g/mol. The van der Waals surface area contributed by atoms with Gasteiger partial charge in [-0.05, 0) is 68.4 Å². The Hall–Kier alpha value is -2.64. The third-order valence-corrected chi connectivity index (χ3v) is 8.42. The lowest BCUT2D eigenvalue weighted by Gasteiger charge is -2.07. The number of para-hydroxylation sites is 1. The van der Waals surface area contributed by atoms with Gasteiger partial charge in [0.05, 0.1) is 21.6 Å². The number of hydrogen-bond donors (Lipinski definition) is 0. The molecule has 7 heteroatoms. The third kappa shape index (κ3) is 4.08. The Morgan fingerprint density at radius 1 is 0.970 bits per heavy atom. The molecule has 1 fully saturated rings. The summed E-state index contributed by atoms with van der Waals surface area (Å²) in [6, 6.07) is 13.1. The van der Waals surface area contributed by atoms with Crippen LogP contribution in [0.15, 0.2) is 71.1 Å². The highest BCUT2D eigenvalue weighted by molar-refractivity contribution is 7.99. The monoisotopic (exact) mass is 480 g/mol. The molecule has 1 saturated carbocycles. The van der Waals surface area contributed by atoms with Crippen molar-refractivity contribution in [2.45, 2.75) is 42.8 Å². The molecule has 5 nitrogen and oxygen atoms in total. The molecule has 1 aliphatic carbocycles. The average Bonchev–Trinajstić information content (AvgIpc) is 3.58. The Bertz CT molecular complexity index is 1530. The Kier molecular flexibility index (Phi) is 5.79. The predicted molar refractivity (Wildman–Crippen MR) is 133 cm³/mol. The van der Waals surface area contributed by atoms with Gasteiger partial charge in [-0.25, -0.2) is 0 Å². The highest BCUT2D eigenvalue weighted by atomic mass is 32.2. The lowest BCUT2D eigenvalue weighted by molar-refractivity contribution is 0.482. The molecule has 0 spiro atoms. The van der Waals surface area contributed by atoms with Gasteiger partial charge in [-0.15, -0.1) is 0 Å². The zero-order valence-electron chi connectivity index (χ0n) is 18.7. The van der Waals surface area contributed by atoms with Crippen molar-refractivity contribution >= 4 is 44.5 Å². The van der Waals surface area contributed by atoms with E-state index in [4.69, 9.17) is 8.83 Å². The van der Waals surface area contributed by atoms with Crippen LogP contribution in [-0.4, -0.2) is 16.2 Å². The molecule has 0 radical (unpaired) electrons. The molecule has 4 aromatic rings. The van der Waals surface area contributed by atoms with Crippen molar-refractivity contribution < 1.29 is 13.0 Å². The minimum atomic E-state index is -1.34. The number of fused-ring (bicyclic) bond motifs is 2. The largest absolute Gasteiger partial charge is 0.449 e. The molecule has 0 saturated heterocycles. The molecule has 170 valence electrons. The van der Waals surface area contributed by atoms with E-state index in [1.54, 1.807) is 24.8 Å². The van der Waals surface area contributed by atoms with Gasteiger partial charge in [0.25, 0.3) is 0 Å². The van der Waals surface area contributed by atoms with Crippen LogP contribution >= 0.6 is 11.8 Å². The SMILES string of the molecule is Cc1c(SCCC2C[C@@H]2c2ccc3oc(S(C)=O)c(C)c(=O)c3c2)oc2ccccc2c1=O. The van der Waals surface area contributed by atoms with Crippen LogP contribution in [0.1, 0.15) is 35.4 Å². The Balaban J connectivity index is 1.29. The van der Waals surface area contributed by atoms with Crippen molar-refractivity contribution in [2.75, 3.05) is 12.0 Å². The van der Waals surface area contributed by atoms with Crippen molar-refractivity contribution in [2.24, 2.45) is 5.92 Å². The van der Waals surface area contributed by atoms with Crippen LogP contribution < -0.4 is 10.9 Å². The molecular formula is C26H24O5S2. The van der Waals surface area contributed by atoms with Gasteiger partial charge in [-0.2, -0.15) is 0 Å². The van der Waals surface area contributed by atoms with E-state index in [9.17, 15) is 13.8 Å². The van der Waals surface area contributed by atoms with Crippen molar-refractivity contribution in [1.29, 1.82) is 0 Å². The standard InChI is InChI=1S/C26H24O5S2/c1-14-23(27)18-6-4-5-7-21(18)30-25(14)32-11-10-17-12-19(17)16-8-9-22-20(13-16)24(28)15(2)26(31-22)33(3)29/h4-9,13,17,19H,10-12H2,1-3H3/t17?,19-,33?/m1/s1. The van der Waals surface area contributed by atoms with Gasteiger partial charge in [0.2, 0.25) is 0 Å². The quantitative estimate of drug-likeness (QED) is 0.337. The van der Waals surface area contributed by atoms with Crippen LogP contribution in [0.2, 0.25) is 0 Å². The molecule has 33 heavy (non-hydrogen) atoms.